The molecule has 0 spiro atoms. The van der Waals surface area contributed by atoms with Crippen LogP contribution in [0.25, 0.3) is 9.40 Å². The zero-order valence-corrected chi connectivity index (χ0v) is 21.5. The average molecular weight is 544 g/mol. The van der Waals surface area contributed by atoms with Crippen LogP contribution in [0.4, 0.5) is 15.0 Å². The van der Waals surface area contributed by atoms with Crippen LogP contribution in [0.2, 0.25) is 5.02 Å². The second-order valence-corrected chi connectivity index (χ2v) is 10.9. The number of rotatable bonds is 5. The lowest BCUT2D eigenvalue weighted by molar-refractivity contribution is -0.139. The molecule has 3 heterocycles. The van der Waals surface area contributed by atoms with Crippen LogP contribution in [-0.4, -0.2) is 26.9 Å². The number of halogens is 2. The number of aliphatic carboxylic acids is 1. The van der Waals surface area contributed by atoms with Crippen LogP contribution in [0, 0.1) is 17.7 Å². The summed E-state index contributed by atoms with van der Waals surface area (Å²) in [7, 11) is 1.64. The van der Waals surface area contributed by atoms with Crippen molar-refractivity contribution in [2.75, 3.05) is 5.32 Å². The number of carboxylic acid groups (broad SMARTS) is 1. The van der Waals surface area contributed by atoms with Crippen LogP contribution in [0.1, 0.15) is 46.8 Å². The quantitative estimate of drug-likeness (QED) is 0.287. The molecule has 1 atom stereocenters. The Hall–Kier alpha value is -3.39. The lowest BCUT2D eigenvalue weighted by atomic mass is 10.1. The van der Waals surface area contributed by atoms with Crippen LogP contribution < -0.4 is 5.32 Å². The molecule has 0 bridgehead atoms. The first-order chi connectivity index (χ1) is 17.2. The molecule has 7 nitrogen and oxygen atoms in total. The molecular formula is C25H19ClFN3O4S2. The summed E-state index contributed by atoms with van der Waals surface area (Å²) in [5.74, 6) is 4.67. The van der Waals surface area contributed by atoms with Crippen molar-refractivity contribution in [2.24, 2.45) is 7.05 Å². The van der Waals surface area contributed by atoms with E-state index in [4.69, 9.17) is 16.3 Å². The second-order valence-electron chi connectivity index (χ2n) is 8.41. The van der Waals surface area contributed by atoms with Crippen molar-refractivity contribution < 1.29 is 23.8 Å². The number of aryl methyl sites for hydroxylation is 1. The molecule has 4 aromatic rings. The van der Waals surface area contributed by atoms with Gasteiger partial charge in [-0.1, -0.05) is 35.7 Å². The Bertz CT molecular complexity index is 1570. The van der Waals surface area contributed by atoms with E-state index in [0.29, 0.717) is 49.1 Å². The number of aromatic nitrogens is 2. The number of nitrogens with one attached hydrogen (secondary N) is 1. The van der Waals surface area contributed by atoms with E-state index in [0.717, 1.165) is 0 Å². The molecule has 1 fully saturated rings. The number of thiophene rings is 2. The van der Waals surface area contributed by atoms with Gasteiger partial charge in [0.25, 0.3) is 0 Å². The highest BCUT2D eigenvalue weighted by molar-refractivity contribution is 7.28. The van der Waals surface area contributed by atoms with Gasteiger partial charge in [0.1, 0.15) is 22.2 Å². The molecule has 1 saturated carbocycles. The normalized spacial score (nSPS) is 14.7. The van der Waals surface area contributed by atoms with Gasteiger partial charge in [0.2, 0.25) is 0 Å². The lowest BCUT2D eigenvalue weighted by Crippen LogP contribution is -2.18. The molecule has 1 aliphatic rings. The van der Waals surface area contributed by atoms with Gasteiger partial charge in [-0.2, -0.15) is 5.10 Å². The van der Waals surface area contributed by atoms with Gasteiger partial charge >= 0.3 is 12.1 Å². The molecule has 0 radical (unpaired) electrons. The summed E-state index contributed by atoms with van der Waals surface area (Å²) in [5.41, 5.74) is 0.196. The van der Waals surface area contributed by atoms with Gasteiger partial charge in [0.05, 0.1) is 16.5 Å². The van der Waals surface area contributed by atoms with Gasteiger partial charge < -0.3 is 9.84 Å². The Morgan fingerprint density at radius 3 is 2.72 bits per heavy atom. The van der Waals surface area contributed by atoms with Crippen LogP contribution in [0.3, 0.4) is 0 Å². The monoisotopic (exact) mass is 543 g/mol. The Balaban J connectivity index is 1.34. The van der Waals surface area contributed by atoms with E-state index in [1.807, 2.05) is 0 Å². The van der Waals surface area contributed by atoms with Gasteiger partial charge in [-0.15, -0.1) is 22.7 Å². The molecule has 1 aliphatic carbocycles. The molecule has 2 N–H and O–H groups in total. The third kappa shape index (κ3) is 4.34. The van der Waals surface area contributed by atoms with E-state index >= 15 is 4.39 Å². The molecule has 0 aliphatic heterocycles. The molecule has 5 rings (SSSR count). The molecule has 3 aromatic heterocycles. The summed E-state index contributed by atoms with van der Waals surface area (Å²) in [4.78, 5) is 25.0. The van der Waals surface area contributed by atoms with Crippen molar-refractivity contribution in [3.8, 4) is 11.8 Å². The van der Waals surface area contributed by atoms with Gasteiger partial charge in [0, 0.05) is 27.2 Å². The summed E-state index contributed by atoms with van der Waals surface area (Å²) in [5, 5.41) is 16.8. The third-order valence-electron chi connectivity index (χ3n) is 6.04. The lowest BCUT2D eigenvalue weighted by Gasteiger charge is -2.15. The molecular weight excluding hydrogens is 525 g/mol. The Morgan fingerprint density at radius 2 is 2.06 bits per heavy atom. The molecule has 11 heteroatoms. The van der Waals surface area contributed by atoms with Crippen LogP contribution in [0.5, 0.6) is 0 Å². The van der Waals surface area contributed by atoms with Crippen molar-refractivity contribution in [1.29, 1.82) is 0 Å². The van der Waals surface area contributed by atoms with Crippen molar-refractivity contribution in [1.82, 2.24) is 9.78 Å². The molecule has 0 saturated heterocycles. The molecule has 1 amide bonds. The number of amides is 1. The summed E-state index contributed by atoms with van der Waals surface area (Å²) in [6.45, 7) is 1.71. The highest BCUT2D eigenvalue weighted by atomic mass is 35.5. The van der Waals surface area contributed by atoms with Crippen molar-refractivity contribution >= 4 is 61.6 Å². The number of anilines is 1. The number of benzene rings is 1. The minimum absolute atomic E-state index is 0.229. The maximum Gasteiger partial charge on any atom is 0.413 e. The summed E-state index contributed by atoms with van der Waals surface area (Å²) in [6.07, 6.45) is 1.31. The zero-order chi connectivity index (χ0) is 25.6. The Morgan fingerprint density at radius 1 is 1.31 bits per heavy atom. The molecule has 36 heavy (non-hydrogen) atoms. The van der Waals surface area contributed by atoms with Crippen molar-refractivity contribution in [3.05, 3.63) is 68.2 Å². The highest BCUT2D eigenvalue weighted by Gasteiger charge is 2.53. The topological polar surface area (TPSA) is 93.4 Å². The van der Waals surface area contributed by atoms with Gasteiger partial charge in [-0.05, 0) is 37.8 Å². The zero-order valence-electron chi connectivity index (χ0n) is 19.1. The van der Waals surface area contributed by atoms with Gasteiger partial charge in [0.15, 0.2) is 5.82 Å². The standard InChI is InChI=1S/C25H19ClFN3O4S2/c1-13(15-5-3-4-6-16(15)26)34-24(33)29-22-14(12-28-30(22)2)7-8-17-20(27)21-18(35-17)11-19(36-21)25(9-10-25)23(31)32/h3-6,11-13H,9-10H2,1-2H3,(H,29,33)(H,31,32). The largest absolute Gasteiger partial charge is 0.481 e. The van der Waals surface area contributed by atoms with E-state index in [2.05, 4.69) is 22.3 Å². The van der Waals surface area contributed by atoms with E-state index in [1.54, 1.807) is 44.3 Å². The van der Waals surface area contributed by atoms with Crippen molar-refractivity contribution in [3.63, 3.8) is 0 Å². The van der Waals surface area contributed by atoms with E-state index in [-0.39, 0.29) is 4.88 Å². The number of nitrogens with zero attached hydrogens (tertiary/aromatic N) is 2. The van der Waals surface area contributed by atoms with Gasteiger partial charge in [-0.3, -0.25) is 14.8 Å². The summed E-state index contributed by atoms with van der Waals surface area (Å²) in [6, 6.07) is 8.84. The summed E-state index contributed by atoms with van der Waals surface area (Å²) < 4.78 is 23.0. The fourth-order valence-corrected chi connectivity index (χ4v) is 6.61. The fraction of sp³-hybridized carbons (Fsp3) is 0.240. The molecule has 184 valence electrons. The van der Waals surface area contributed by atoms with Crippen LogP contribution in [-0.2, 0) is 22.0 Å². The number of carbonyl (C=O) groups is 2. The summed E-state index contributed by atoms with van der Waals surface area (Å²) >= 11 is 8.52. The fourth-order valence-electron chi connectivity index (χ4n) is 3.82. The maximum atomic E-state index is 15.1. The number of fused-ring (bicyclic) bond motifs is 1. The number of carbonyl (C=O) groups excluding carboxylic acids is 1. The van der Waals surface area contributed by atoms with Crippen LogP contribution in [0.15, 0.2) is 36.5 Å². The number of hydrogen-bond donors (Lipinski definition) is 2. The number of ether oxygens (including phenoxy) is 1. The van der Waals surface area contributed by atoms with E-state index in [9.17, 15) is 14.7 Å². The first kappa shape index (κ1) is 24.3. The van der Waals surface area contributed by atoms with E-state index < -0.39 is 29.4 Å². The highest BCUT2D eigenvalue weighted by Crippen LogP contribution is 2.53. The van der Waals surface area contributed by atoms with Gasteiger partial charge in [-0.25, -0.2) is 9.18 Å². The first-order valence-corrected chi connectivity index (χ1v) is 12.9. The SMILES string of the molecule is CC(OC(=O)Nc1c(C#Cc2sc3cc(C4(C(=O)O)CC4)sc3c2F)cnn1C)c1ccccc1Cl. The maximum absolute atomic E-state index is 15.1. The predicted octanol–water partition coefficient (Wildman–Crippen LogP) is 6.31. The van der Waals surface area contributed by atoms with Crippen molar-refractivity contribution in [2.45, 2.75) is 31.3 Å². The number of hydrogen-bond acceptors (Lipinski definition) is 6. The molecule has 1 unspecified atom stereocenters. The predicted molar refractivity (Wildman–Crippen MR) is 137 cm³/mol. The second kappa shape index (κ2) is 9.24. The number of carboxylic acids is 1. The Kier molecular flexibility index (Phi) is 6.24. The molecule has 1 aromatic carbocycles. The minimum Gasteiger partial charge on any atom is -0.481 e. The third-order valence-corrected chi connectivity index (χ3v) is 8.87. The first-order valence-electron chi connectivity index (χ1n) is 10.9. The minimum atomic E-state index is -0.867. The van der Waals surface area contributed by atoms with E-state index in [1.165, 1.54) is 33.6 Å². The average Bonchev–Trinajstić information content (AvgIpc) is 3.33. The van der Waals surface area contributed by atoms with Crippen LogP contribution >= 0.6 is 34.3 Å². The Labute approximate surface area is 218 Å². The smallest absolute Gasteiger partial charge is 0.413 e.